The zero-order valence-corrected chi connectivity index (χ0v) is 24.7. The SMILES string of the molecule is C=C/C(=C\C=C(/C)c1ccc(-c2nc(C(F)(F)F)cn2COCC[Si](C)(C)C)cn1)OCC(C)(C)C(=O)OC. The summed E-state index contributed by atoms with van der Waals surface area (Å²) in [4.78, 5) is 20.1. The number of alkyl halides is 3. The fourth-order valence-corrected chi connectivity index (χ4v) is 4.01. The Morgan fingerprint density at radius 2 is 1.87 bits per heavy atom. The number of methoxy groups -OCH3 is 1. The molecule has 2 rings (SSSR count). The van der Waals surface area contributed by atoms with Gasteiger partial charge in [-0.2, -0.15) is 13.2 Å². The molecule has 0 radical (unpaired) electrons. The van der Waals surface area contributed by atoms with E-state index in [9.17, 15) is 18.0 Å². The first-order valence-electron chi connectivity index (χ1n) is 12.5. The molecule has 0 N–H and O–H groups in total. The molecule has 0 bridgehead atoms. The predicted molar refractivity (Wildman–Crippen MR) is 148 cm³/mol. The molecule has 2 aromatic rings. The maximum atomic E-state index is 13.4. The van der Waals surface area contributed by atoms with Crippen LogP contribution in [-0.4, -0.2) is 48.9 Å². The first kappa shape index (κ1) is 32.0. The molecule has 0 saturated heterocycles. The van der Waals surface area contributed by atoms with Crippen molar-refractivity contribution in [3.05, 3.63) is 66.5 Å². The smallest absolute Gasteiger partial charge is 0.434 e. The lowest BCUT2D eigenvalue weighted by Gasteiger charge is -2.21. The highest BCUT2D eigenvalue weighted by atomic mass is 28.3. The third kappa shape index (κ3) is 9.81. The van der Waals surface area contributed by atoms with Gasteiger partial charge in [0.25, 0.3) is 0 Å². The van der Waals surface area contributed by atoms with Crippen molar-refractivity contribution < 1.29 is 32.2 Å². The van der Waals surface area contributed by atoms with Gasteiger partial charge >= 0.3 is 12.1 Å². The van der Waals surface area contributed by atoms with Crippen LogP contribution in [0.4, 0.5) is 13.2 Å². The second-order valence-electron chi connectivity index (χ2n) is 11.0. The van der Waals surface area contributed by atoms with Crippen LogP contribution in [0.25, 0.3) is 17.0 Å². The molecule has 0 atom stereocenters. The molecule has 2 aromatic heterocycles. The Morgan fingerprint density at radius 1 is 1.18 bits per heavy atom. The van der Waals surface area contributed by atoms with Crippen LogP contribution >= 0.6 is 0 Å². The lowest BCUT2D eigenvalue weighted by molar-refractivity contribution is -0.153. The summed E-state index contributed by atoms with van der Waals surface area (Å²) >= 11 is 0. The molecule has 0 aliphatic heterocycles. The fourth-order valence-electron chi connectivity index (χ4n) is 3.25. The Labute approximate surface area is 229 Å². The van der Waals surface area contributed by atoms with E-state index >= 15 is 0 Å². The van der Waals surface area contributed by atoms with Crippen molar-refractivity contribution in [3.8, 4) is 11.4 Å². The van der Waals surface area contributed by atoms with Gasteiger partial charge < -0.3 is 18.8 Å². The lowest BCUT2D eigenvalue weighted by atomic mass is 9.95. The number of hydrogen-bond donors (Lipinski definition) is 0. The molecular formula is C28H38F3N3O4Si. The molecule has 0 aromatic carbocycles. The van der Waals surface area contributed by atoms with Gasteiger partial charge in [0.05, 0.1) is 18.2 Å². The van der Waals surface area contributed by atoms with Gasteiger partial charge in [-0.15, -0.1) is 0 Å². The van der Waals surface area contributed by atoms with Gasteiger partial charge in [-0.25, -0.2) is 4.98 Å². The Hall–Kier alpha value is -3.18. The van der Waals surface area contributed by atoms with Gasteiger partial charge in [-0.05, 0) is 56.7 Å². The number of ether oxygens (including phenoxy) is 3. The molecule has 0 saturated carbocycles. The Balaban J connectivity index is 2.21. The van der Waals surface area contributed by atoms with Gasteiger partial charge in [-0.3, -0.25) is 9.78 Å². The molecule has 0 aliphatic carbocycles. The summed E-state index contributed by atoms with van der Waals surface area (Å²) in [6.07, 6.45) is 2.88. The average Bonchev–Trinajstić information content (AvgIpc) is 3.30. The lowest BCUT2D eigenvalue weighted by Crippen LogP contribution is -2.30. The largest absolute Gasteiger partial charge is 0.492 e. The number of carbonyl (C=O) groups is 1. The minimum absolute atomic E-state index is 0.0362. The highest BCUT2D eigenvalue weighted by Crippen LogP contribution is 2.31. The molecule has 0 spiro atoms. The van der Waals surface area contributed by atoms with E-state index in [4.69, 9.17) is 14.2 Å². The topological polar surface area (TPSA) is 75.5 Å². The Bertz CT molecular complexity index is 1190. The van der Waals surface area contributed by atoms with Crippen molar-refractivity contribution in [3.63, 3.8) is 0 Å². The predicted octanol–water partition coefficient (Wildman–Crippen LogP) is 6.97. The molecule has 0 unspecified atom stereocenters. The van der Waals surface area contributed by atoms with E-state index < -0.39 is 25.4 Å². The number of halogens is 3. The molecule has 0 aliphatic rings. The summed E-state index contributed by atoms with van der Waals surface area (Å²) in [5, 5.41) is 0. The van der Waals surface area contributed by atoms with Gasteiger partial charge in [0.15, 0.2) is 5.69 Å². The number of carbonyl (C=O) groups excluding carboxylic acids is 1. The summed E-state index contributed by atoms with van der Waals surface area (Å²) in [5.41, 5.74) is 0.0272. The summed E-state index contributed by atoms with van der Waals surface area (Å²) < 4.78 is 57.7. The first-order chi connectivity index (χ1) is 18.1. The van der Waals surface area contributed by atoms with Crippen LogP contribution in [0.5, 0.6) is 0 Å². The quantitative estimate of drug-likeness (QED) is 0.0859. The van der Waals surface area contributed by atoms with E-state index in [-0.39, 0.29) is 25.1 Å². The summed E-state index contributed by atoms with van der Waals surface area (Å²) in [5.74, 6) is 0.202. The van der Waals surface area contributed by atoms with Gasteiger partial charge in [-0.1, -0.05) is 32.3 Å². The van der Waals surface area contributed by atoms with E-state index in [1.807, 2.05) is 6.92 Å². The molecule has 11 heteroatoms. The van der Waals surface area contributed by atoms with E-state index in [0.717, 1.165) is 17.8 Å². The number of esters is 1. The molecular weight excluding hydrogens is 527 g/mol. The van der Waals surface area contributed by atoms with Crippen LogP contribution < -0.4 is 0 Å². The molecule has 7 nitrogen and oxygen atoms in total. The van der Waals surface area contributed by atoms with Gasteiger partial charge in [0.1, 0.15) is 24.9 Å². The number of nitrogens with zero attached hydrogens (tertiary/aromatic N) is 3. The highest BCUT2D eigenvalue weighted by molar-refractivity contribution is 6.76. The number of hydrogen-bond acceptors (Lipinski definition) is 6. The molecule has 0 amide bonds. The normalized spacial score (nSPS) is 13.4. The Kier molecular flexibility index (Phi) is 10.9. The average molecular weight is 566 g/mol. The van der Waals surface area contributed by atoms with E-state index in [0.29, 0.717) is 23.6 Å². The number of aromatic nitrogens is 3. The molecule has 2 heterocycles. The monoisotopic (exact) mass is 565 g/mol. The summed E-state index contributed by atoms with van der Waals surface area (Å²) in [6, 6.07) is 4.29. The standard InChI is InChI=1S/C28H38F3N3O4Si/c1-9-22(38-18-27(3,4)26(35)36-5)12-10-20(2)23-13-11-21(16-32-23)25-33-24(28(29,30)31)17-34(25)19-37-14-15-39(6,7)8/h9-13,16-17H,1,14-15,18-19H2,2-8H3/b20-10+,22-12+. The minimum atomic E-state index is -4.58. The van der Waals surface area contributed by atoms with Crippen molar-refractivity contribution in [1.82, 2.24) is 14.5 Å². The third-order valence-electron chi connectivity index (χ3n) is 5.76. The van der Waals surface area contributed by atoms with Crippen LogP contribution in [0.15, 0.2) is 55.1 Å². The molecule has 39 heavy (non-hydrogen) atoms. The molecule has 0 fully saturated rings. The van der Waals surface area contributed by atoms with Crippen LogP contribution in [-0.2, 0) is 31.9 Å². The first-order valence-corrected chi connectivity index (χ1v) is 16.2. The maximum Gasteiger partial charge on any atom is 0.434 e. The third-order valence-corrected chi connectivity index (χ3v) is 7.46. The second kappa shape index (κ2) is 13.3. The van der Waals surface area contributed by atoms with Crippen molar-refractivity contribution in [2.45, 2.75) is 59.4 Å². The van der Waals surface area contributed by atoms with Gasteiger partial charge in [0.2, 0.25) is 0 Å². The number of pyridine rings is 1. The van der Waals surface area contributed by atoms with E-state index in [1.54, 1.807) is 38.1 Å². The zero-order chi connectivity index (χ0) is 29.4. The molecule has 214 valence electrons. The van der Waals surface area contributed by atoms with Crippen LogP contribution in [0, 0.1) is 5.41 Å². The second-order valence-corrected chi connectivity index (χ2v) is 16.6. The zero-order valence-electron chi connectivity index (χ0n) is 23.7. The maximum absolute atomic E-state index is 13.4. The Morgan fingerprint density at radius 3 is 2.41 bits per heavy atom. The van der Waals surface area contributed by atoms with Crippen LogP contribution in [0.2, 0.25) is 25.7 Å². The number of imidazole rings is 1. The van der Waals surface area contributed by atoms with Gasteiger partial charge in [0, 0.05) is 32.6 Å². The van der Waals surface area contributed by atoms with Crippen molar-refractivity contribution in [2.24, 2.45) is 5.41 Å². The number of allylic oxidation sites excluding steroid dienone is 4. The number of rotatable bonds is 13. The van der Waals surface area contributed by atoms with Crippen LogP contribution in [0.3, 0.4) is 0 Å². The minimum Gasteiger partial charge on any atom is -0.492 e. The van der Waals surface area contributed by atoms with Crippen molar-refractivity contribution >= 4 is 19.6 Å². The fraction of sp³-hybridized carbons (Fsp3) is 0.464. The summed E-state index contributed by atoms with van der Waals surface area (Å²) in [6.45, 7) is 16.2. The van der Waals surface area contributed by atoms with Crippen molar-refractivity contribution in [2.75, 3.05) is 20.3 Å². The van der Waals surface area contributed by atoms with Crippen molar-refractivity contribution in [1.29, 1.82) is 0 Å². The highest BCUT2D eigenvalue weighted by Gasteiger charge is 2.35. The van der Waals surface area contributed by atoms with E-state index in [1.165, 1.54) is 23.9 Å². The van der Waals surface area contributed by atoms with E-state index in [2.05, 4.69) is 36.2 Å². The van der Waals surface area contributed by atoms with Crippen LogP contribution in [0.1, 0.15) is 32.2 Å². The summed E-state index contributed by atoms with van der Waals surface area (Å²) in [7, 11) is -0.00821.